The van der Waals surface area contributed by atoms with Crippen LogP contribution in [-0.4, -0.2) is 50.1 Å². The van der Waals surface area contributed by atoms with E-state index in [2.05, 4.69) is 62.3 Å². The van der Waals surface area contributed by atoms with Crippen LogP contribution in [0.5, 0.6) is 0 Å². The van der Waals surface area contributed by atoms with Gasteiger partial charge in [0.05, 0.1) is 6.54 Å². The van der Waals surface area contributed by atoms with Crippen molar-refractivity contribution in [3.63, 3.8) is 0 Å². The zero-order valence-electron chi connectivity index (χ0n) is 12.4. The molecule has 0 aromatic carbocycles. The third-order valence-electron chi connectivity index (χ3n) is 3.00. The number of nitrogens with zero attached hydrogens (tertiary/aromatic N) is 2. The van der Waals surface area contributed by atoms with Gasteiger partial charge in [-0.15, -0.1) is 0 Å². The summed E-state index contributed by atoms with van der Waals surface area (Å²) in [6, 6.07) is 0. The molecule has 0 bridgehead atoms. The largest absolute Gasteiger partial charge is 0.357 e. The highest BCUT2D eigenvalue weighted by Gasteiger charge is 2.19. The highest BCUT2D eigenvalue weighted by atomic mass is 15.2. The van der Waals surface area contributed by atoms with Crippen molar-refractivity contribution in [1.29, 1.82) is 0 Å². The molecular weight excluding hydrogens is 212 g/mol. The van der Waals surface area contributed by atoms with Gasteiger partial charge in [-0.1, -0.05) is 13.3 Å². The molecule has 0 unspecified atom stereocenters. The van der Waals surface area contributed by atoms with Gasteiger partial charge in [-0.05, 0) is 41.3 Å². The smallest absolute Gasteiger partial charge is 0.191 e. The molecule has 0 radical (unpaired) electrons. The molecule has 0 spiro atoms. The third kappa shape index (κ3) is 7.21. The van der Waals surface area contributed by atoms with Crippen LogP contribution in [0, 0.1) is 0 Å². The second-order valence-electron chi connectivity index (χ2n) is 5.18. The van der Waals surface area contributed by atoms with E-state index in [0.29, 0.717) is 0 Å². The van der Waals surface area contributed by atoms with E-state index < -0.39 is 0 Å². The molecule has 0 atom stereocenters. The van der Waals surface area contributed by atoms with Crippen LogP contribution in [0.2, 0.25) is 0 Å². The molecule has 0 amide bonds. The van der Waals surface area contributed by atoms with Gasteiger partial charge in [-0.2, -0.15) is 0 Å². The molecule has 0 heterocycles. The predicted octanol–water partition coefficient (Wildman–Crippen LogP) is 1.68. The van der Waals surface area contributed by atoms with E-state index in [4.69, 9.17) is 0 Å². The zero-order chi connectivity index (χ0) is 13.3. The van der Waals surface area contributed by atoms with Crippen molar-refractivity contribution in [1.82, 2.24) is 15.5 Å². The van der Waals surface area contributed by atoms with Crippen LogP contribution in [0.25, 0.3) is 0 Å². The van der Waals surface area contributed by atoms with E-state index in [1.54, 1.807) is 0 Å². The molecule has 0 saturated carbocycles. The Morgan fingerprint density at radius 3 is 2.29 bits per heavy atom. The van der Waals surface area contributed by atoms with E-state index in [1.807, 2.05) is 0 Å². The SMILES string of the molecule is CCCCNC(=NCC(C)(C)N(C)C)NCC. The molecule has 102 valence electrons. The minimum Gasteiger partial charge on any atom is -0.357 e. The molecule has 0 fully saturated rings. The van der Waals surface area contributed by atoms with Crippen LogP contribution in [0.3, 0.4) is 0 Å². The number of hydrogen-bond donors (Lipinski definition) is 2. The van der Waals surface area contributed by atoms with Crippen molar-refractivity contribution in [3.05, 3.63) is 0 Å². The van der Waals surface area contributed by atoms with E-state index >= 15 is 0 Å². The van der Waals surface area contributed by atoms with Gasteiger partial charge in [0.25, 0.3) is 0 Å². The molecule has 0 aliphatic carbocycles. The highest BCUT2D eigenvalue weighted by molar-refractivity contribution is 5.79. The third-order valence-corrected chi connectivity index (χ3v) is 3.00. The first-order chi connectivity index (χ1) is 7.94. The fourth-order valence-corrected chi connectivity index (χ4v) is 1.14. The van der Waals surface area contributed by atoms with Crippen LogP contribution < -0.4 is 10.6 Å². The van der Waals surface area contributed by atoms with Crippen LogP contribution in [0.4, 0.5) is 0 Å². The van der Waals surface area contributed by atoms with Gasteiger partial charge in [0, 0.05) is 18.6 Å². The van der Waals surface area contributed by atoms with E-state index in [9.17, 15) is 0 Å². The van der Waals surface area contributed by atoms with Gasteiger partial charge in [-0.3, -0.25) is 4.99 Å². The normalized spacial score (nSPS) is 13.0. The Hall–Kier alpha value is -0.770. The second kappa shape index (κ2) is 8.34. The number of aliphatic imine (C=N–C) groups is 1. The van der Waals surface area contributed by atoms with Crippen LogP contribution in [0.1, 0.15) is 40.5 Å². The maximum Gasteiger partial charge on any atom is 0.191 e. The first-order valence-electron chi connectivity index (χ1n) is 6.63. The minimum atomic E-state index is 0.0904. The average Bonchev–Trinajstić information content (AvgIpc) is 2.26. The molecule has 2 N–H and O–H groups in total. The zero-order valence-corrected chi connectivity index (χ0v) is 12.4. The summed E-state index contributed by atoms with van der Waals surface area (Å²) >= 11 is 0. The molecule has 0 aliphatic heterocycles. The monoisotopic (exact) mass is 242 g/mol. The summed E-state index contributed by atoms with van der Waals surface area (Å²) in [6.45, 7) is 11.4. The first kappa shape index (κ1) is 16.2. The van der Waals surface area contributed by atoms with Gasteiger partial charge < -0.3 is 15.5 Å². The molecule has 0 aliphatic rings. The van der Waals surface area contributed by atoms with Gasteiger partial charge in [0.2, 0.25) is 0 Å². The number of nitrogens with one attached hydrogen (secondary N) is 2. The lowest BCUT2D eigenvalue weighted by Crippen LogP contribution is -2.43. The number of rotatable bonds is 7. The lowest BCUT2D eigenvalue weighted by Gasteiger charge is -2.31. The Balaban J connectivity index is 4.28. The van der Waals surface area contributed by atoms with Gasteiger partial charge in [0.1, 0.15) is 0 Å². The van der Waals surface area contributed by atoms with E-state index in [-0.39, 0.29) is 5.54 Å². The number of hydrogen-bond acceptors (Lipinski definition) is 2. The molecule has 0 rings (SSSR count). The van der Waals surface area contributed by atoms with E-state index in [0.717, 1.165) is 25.6 Å². The minimum absolute atomic E-state index is 0.0904. The maximum atomic E-state index is 4.63. The summed E-state index contributed by atoms with van der Waals surface area (Å²) in [5, 5.41) is 6.63. The number of likely N-dealkylation sites (N-methyl/N-ethyl adjacent to an activating group) is 1. The average molecular weight is 242 g/mol. The number of unbranched alkanes of at least 4 members (excludes halogenated alkanes) is 1. The fourth-order valence-electron chi connectivity index (χ4n) is 1.14. The summed E-state index contributed by atoms with van der Waals surface area (Å²) in [4.78, 5) is 6.83. The molecule has 4 nitrogen and oxygen atoms in total. The Morgan fingerprint density at radius 1 is 1.18 bits per heavy atom. The summed E-state index contributed by atoms with van der Waals surface area (Å²) < 4.78 is 0. The standard InChI is InChI=1S/C13H30N4/c1-7-9-10-15-12(14-8-2)16-11-13(3,4)17(5)6/h7-11H2,1-6H3,(H2,14,15,16). The lowest BCUT2D eigenvalue weighted by atomic mass is 10.1. The summed E-state index contributed by atoms with van der Waals surface area (Å²) in [5.74, 6) is 0.927. The molecule has 17 heavy (non-hydrogen) atoms. The Morgan fingerprint density at radius 2 is 1.82 bits per heavy atom. The van der Waals surface area contributed by atoms with Crippen molar-refractivity contribution in [2.75, 3.05) is 33.7 Å². The van der Waals surface area contributed by atoms with Crippen LogP contribution >= 0.6 is 0 Å². The summed E-state index contributed by atoms with van der Waals surface area (Å²) in [5.41, 5.74) is 0.0904. The Labute approximate surface area is 107 Å². The first-order valence-corrected chi connectivity index (χ1v) is 6.63. The second-order valence-corrected chi connectivity index (χ2v) is 5.18. The highest BCUT2D eigenvalue weighted by Crippen LogP contribution is 2.09. The molecule has 0 aromatic heterocycles. The molecular formula is C13H30N4. The fraction of sp³-hybridized carbons (Fsp3) is 0.923. The van der Waals surface area contributed by atoms with Crippen molar-refractivity contribution >= 4 is 5.96 Å². The molecule has 4 heteroatoms. The maximum absolute atomic E-state index is 4.63. The molecule has 0 saturated heterocycles. The number of guanidine groups is 1. The van der Waals surface area contributed by atoms with Crippen molar-refractivity contribution in [2.24, 2.45) is 4.99 Å². The Kier molecular flexibility index (Phi) is 7.96. The predicted molar refractivity (Wildman–Crippen MR) is 76.7 cm³/mol. The van der Waals surface area contributed by atoms with Crippen LogP contribution in [-0.2, 0) is 0 Å². The molecule has 0 aromatic rings. The van der Waals surface area contributed by atoms with Crippen molar-refractivity contribution in [2.45, 2.75) is 46.1 Å². The summed E-state index contributed by atoms with van der Waals surface area (Å²) in [6.07, 6.45) is 2.39. The van der Waals surface area contributed by atoms with Crippen molar-refractivity contribution in [3.8, 4) is 0 Å². The van der Waals surface area contributed by atoms with Gasteiger partial charge in [-0.25, -0.2) is 0 Å². The van der Waals surface area contributed by atoms with Crippen LogP contribution in [0.15, 0.2) is 4.99 Å². The quantitative estimate of drug-likeness (QED) is 0.405. The van der Waals surface area contributed by atoms with Gasteiger partial charge in [0.15, 0.2) is 5.96 Å². The van der Waals surface area contributed by atoms with E-state index in [1.165, 1.54) is 12.8 Å². The van der Waals surface area contributed by atoms with Gasteiger partial charge >= 0.3 is 0 Å². The van der Waals surface area contributed by atoms with Crippen molar-refractivity contribution < 1.29 is 0 Å². The Bertz CT molecular complexity index is 221. The summed E-state index contributed by atoms with van der Waals surface area (Å²) in [7, 11) is 4.18. The topological polar surface area (TPSA) is 39.7 Å². The lowest BCUT2D eigenvalue weighted by molar-refractivity contribution is 0.204.